The zero-order valence-corrected chi connectivity index (χ0v) is 44.7. The van der Waals surface area contributed by atoms with Gasteiger partial charge in [-0.05, 0) is 12.8 Å². The number of carboxylic acid groups (broad SMARTS) is 3. The second kappa shape index (κ2) is 40.5. The minimum atomic E-state index is -1.26. The molecule has 31 heteroatoms. The molecule has 28 nitrogen and oxygen atoms in total. The topological polar surface area (TPSA) is 402 Å². The number of esters is 6. The van der Waals surface area contributed by atoms with Gasteiger partial charge in [0.25, 0.3) is 5.95 Å². The summed E-state index contributed by atoms with van der Waals surface area (Å²) in [5.74, 6) is -11.8. The number of hydrogen-bond donors (Lipinski definition) is 6. The number of hydrogen-bond acceptors (Lipinski definition) is 25. The van der Waals surface area contributed by atoms with Crippen LogP contribution < -0.4 is 16.0 Å². The highest BCUT2D eigenvalue weighted by molar-refractivity contribution is 8.00. The van der Waals surface area contributed by atoms with Gasteiger partial charge in [-0.3, -0.25) is 53.3 Å². The number of carboxylic acids is 3. The molecule has 0 rings (SSSR count). The summed E-state index contributed by atoms with van der Waals surface area (Å²) in [6.45, 7) is 10.8. The van der Waals surface area contributed by atoms with Gasteiger partial charge >= 0.3 is 72.0 Å². The molecule has 0 bridgehead atoms. The average Bonchev–Trinajstić information content (AvgIpc) is 3.35. The molecule has 0 radical (unpaired) electrons. The zero-order chi connectivity index (χ0) is 57.6. The summed E-state index contributed by atoms with van der Waals surface area (Å²) in [6, 6.07) is 0. The summed E-state index contributed by atoms with van der Waals surface area (Å²) in [4.78, 5) is 155. The summed E-state index contributed by atoms with van der Waals surface area (Å²) >= 11 is 3.10. The molecule has 6 atom stereocenters. The number of rotatable bonds is 41. The number of thioether (sulfide) groups is 3. The van der Waals surface area contributed by atoms with Crippen LogP contribution in [0.5, 0.6) is 0 Å². The number of alkyl carbamates (subject to hydrolysis) is 3. The van der Waals surface area contributed by atoms with Crippen molar-refractivity contribution in [2.24, 2.45) is 17.8 Å². The lowest BCUT2D eigenvalue weighted by Crippen LogP contribution is -2.36. The van der Waals surface area contributed by atoms with Crippen LogP contribution in [-0.4, -0.2) is 179 Å². The molecule has 0 aliphatic heterocycles. The molecular weight excluding hydrogens is 1080 g/mol. The number of ether oxygens (including phenoxy) is 9. The molecule has 76 heavy (non-hydrogen) atoms. The van der Waals surface area contributed by atoms with Crippen molar-refractivity contribution in [3.63, 3.8) is 0 Å². The number of amides is 3. The Labute approximate surface area is 449 Å². The summed E-state index contributed by atoms with van der Waals surface area (Å²) in [5, 5.41) is 33.1. The number of aliphatic carboxylic acids is 3. The van der Waals surface area contributed by atoms with Crippen LogP contribution in [0, 0.1) is 17.8 Å². The first-order valence-corrected chi connectivity index (χ1v) is 26.4. The van der Waals surface area contributed by atoms with Gasteiger partial charge in [0.2, 0.25) is 0 Å². The molecule has 0 saturated heterocycles. The van der Waals surface area contributed by atoms with Gasteiger partial charge in [0, 0.05) is 35.2 Å². The Morgan fingerprint density at radius 3 is 1.58 bits per heavy atom. The maximum Gasteiger partial charge on any atom is 0.415 e. The van der Waals surface area contributed by atoms with Crippen LogP contribution in [0.4, 0.5) is 14.4 Å². The van der Waals surface area contributed by atoms with Crippen LogP contribution >= 0.6 is 35.3 Å². The van der Waals surface area contributed by atoms with E-state index in [1.54, 1.807) is 13.8 Å². The summed E-state index contributed by atoms with van der Waals surface area (Å²) in [6.07, 6.45) is -6.91. The maximum atomic E-state index is 12.7. The minimum absolute atomic E-state index is 0.0227. The third-order valence-electron chi connectivity index (χ3n) is 8.85. The van der Waals surface area contributed by atoms with Gasteiger partial charge in [0.1, 0.15) is 32.5 Å². The second-order valence-electron chi connectivity index (χ2n) is 15.5. The molecule has 0 fully saturated rings. The fourth-order valence-corrected chi connectivity index (χ4v) is 8.00. The molecule has 0 spiro atoms. The molecule has 0 aliphatic carbocycles. The fourth-order valence-electron chi connectivity index (χ4n) is 4.87. The molecule has 6 unspecified atom stereocenters. The molecule has 428 valence electrons. The Morgan fingerprint density at radius 1 is 0.539 bits per heavy atom. The van der Waals surface area contributed by atoms with E-state index in [0.717, 1.165) is 41.5 Å². The van der Waals surface area contributed by atoms with Crippen LogP contribution in [0.15, 0.2) is 25.3 Å². The normalized spacial score (nSPS) is 12.9. The van der Waals surface area contributed by atoms with Crippen molar-refractivity contribution < 1.29 is 120 Å². The molecule has 0 aromatic heterocycles. The van der Waals surface area contributed by atoms with E-state index in [4.69, 9.17) is 58.0 Å². The van der Waals surface area contributed by atoms with Gasteiger partial charge in [0.05, 0.1) is 69.4 Å². The van der Waals surface area contributed by atoms with E-state index in [1.165, 1.54) is 13.8 Å². The molecule has 3 amide bonds. The summed E-state index contributed by atoms with van der Waals surface area (Å²) in [7, 11) is 0. The number of carbonyl (C=O) groups is 13. The third kappa shape index (κ3) is 36.2. The molecule has 0 aliphatic rings. The number of carbonyl (C=O) groups excluding carboxylic acids is 10. The van der Waals surface area contributed by atoms with Crippen LogP contribution in [0.1, 0.15) is 72.6 Å². The monoisotopic (exact) mass is 1140 g/mol. The van der Waals surface area contributed by atoms with Crippen molar-refractivity contribution in [3.8, 4) is 0 Å². The maximum absolute atomic E-state index is 12.7. The van der Waals surface area contributed by atoms with E-state index < -0.39 is 165 Å². The van der Waals surface area contributed by atoms with E-state index in [-0.39, 0.29) is 67.3 Å². The summed E-state index contributed by atoms with van der Waals surface area (Å²) < 4.78 is 45.8. The Kier molecular flexibility index (Phi) is 36.9. The highest BCUT2D eigenvalue weighted by atomic mass is 32.2. The van der Waals surface area contributed by atoms with E-state index >= 15 is 0 Å². The van der Waals surface area contributed by atoms with Gasteiger partial charge in [-0.1, -0.05) is 34.3 Å². The second-order valence-corrected chi connectivity index (χ2v) is 18.9. The Balaban J connectivity index is 4.89. The van der Waals surface area contributed by atoms with Crippen LogP contribution in [-0.2, 0) is 90.6 Å². The van der Waals surface area contributed by atoms with Gasteiger partial charge < -0.3 is 68.6 Å². The first-order valence-electron chi connectivity index (χ1n) is 23.0. The molecular formula is C45H65N3O25S3. The van der Waals surface area contributed by atoms with Gasteiger partial charge in [0.15, 0.2) is 17.3 Å². The van der Waals surface area contributed by atoms with E-state index in [1.807, 2.05) is 0 Å². The summed E-state index contributed by atoms with van der Waals surface area (Å²) in [5.41, 5.74) is -1.18. The third-order valence-corrected chi connectivity index (χ3v) is 12.8. The standard InChI is InChI=1S/C45H65N3O25S3/c1-7-31(49)32(72-37(57)13-10-34(52)53)25-75-21-26(3)40(59)65-17-15-47-44(63)70-29(6)69-42(61)27(4)22-74-24-30(19-68-43(62)46-8-2)71-45(64)48-16-18-66-41(60)28(5)23-76-39(73-38(58)14-11-35(54)55)20-67-36(56)12-9-33(50)51/h8,26-28,30,32,39H,2,6-7,9-25H2,1,3-5H3,(H,46,62)(H,47,63)(H,48,64)(H,50,51)(H,52,53)(H,54,55). The highest BCUT2D eigenvalue weighted by Crippen LogP contribution is 2.20. The van der Waals surface area contributed by atoms with Crippen LogP contribution in [0.3, 0.4) is 0 Å². The largest absolute Gasteiger partial charge is 0.481 e. The first-order chi connectivity index (χ1) is 35.9. The SMILES string of the molecule is C=CNC(=O)OCC(CSCC(C)C(=O)OC(=C)OC(=O)NCCOC(=O)C(C)CSCC(OC(=O)CCC(=O)O)C(=O)CC)OC(=O)NCCOC(=O)C(C)CSC(COC(=O)CCC(=O)O)OC(=O)CCC(=O)O. The van der Waals surface area contributed by atoms with Crippen molar-refractivity contribution in [1.29, 1.82) is 0 Å². The van der Waals surface area contributed by atoms with Crippen LogP contribution in [0.25, 0.3) is 0 Å². The quantitative estimate of drug-likeness (QED) is 0.0168. The fraction of sp³-hybridized carbons (Fsp3) is 0.622. The zero-order valence-electron chi connectivity index (χ0n) is 42.2. The Bertz CT molecular complexity index is 2010. The molecule has 6 N–H and O–H groups in total. The number of ketones is 1. The van der Waals surface area contributed by atoms with Crippen molar-refractivity contribution in [3.05, 3.63) is 25.3 Å². The lowest BCUT2D eigenvalue weighted by molar-refractivity contribution is -0.156. The molecule has 0 heterocycles. The predicted octanol–water partition coefficient (Wildman–Crippen LogP) is 2.78. The average molecular weight is 1140 g/mol. The predicted molar refractivity (Wildman–Crippen MR) is 266 cm³/mol. The lowest BCUT2D eigenvalue weighted by atomic mass is 10.2. The highest BCUT2D eigenvalue weighted by Gasteiger charge is 2.26. The van der Waals surface area contributed by atoms with Crippen molar-refractivity contribution in [1.82, 2.24) is 16.0 Å². The van der Waals surface area contributed by atoms with E-state index in [0.29, 0.717) is 0 Å². The van der Waals surface area contributed by atoms with Gasteiger partial charge in [-0.25, -0.2) is 14.4 Å². The van der Waals surface area contributed by atoms with Crippen LogP contribution in [0.2, 0.25) is 0 Å². The van der Waals surface area contributed by atoms with E-state index in [2.05, 4.69) is 29.1 Å². The van der Waals surface area contributed by atoms with Crippen molar-refractivity contribution in [2.45, 2.75) is 90.3 Å². The minimum Gasteiger partial charge on any atom is -0.481 e. The van der Waals surface area contributed by atoms with Crippen molar-refractivity contribution >= 4 is 113 Å². The number of nitrogens with one attached hydrogen (secondary N) is 3. The lowest BCUT2D eigenvalue weighted by Gasteiger charge is -2.20. The Hall–Kier alpha value is -6.76. The first kappa shape index (κ1) is 69.2. The van der Waals surface area contributed by atoms with Gasteiger partial charge in [-0.15, -0.1) is 11.8 Å². The van der Waals surface area contributed by atoms with Gasteiger partial charge in [-0.2, -0.15) is 23.5 Å². The Morgan fingerprint density at radius 2 is 1.04 bits per heavy atom. The van der Waals surface area contributed by atoms with E-state index in [9.17, 15) is 62.3 Å². The number of Topliss-reactive ketones (excluding diaryl/α,β-unsaturated/α-hetero) is 1. The smallest absolute Gasteiger partial charge is 0.415 e. The molecule has 0 aromatic rings. The van der Waals surface area contributed by atoms with Crippen molar-refractivity contribution in [2.75, 3.05) is 68.3 Å². The molecule has 0 saturated carbocycles. The molecule has 0 aromatic carbocycles.